The number of pyridine rings is 1. The van der Waals surface area contributed by atoms with Crippen molar-refractivity contribution in [3.63, 3.8) is 0 Å². The largest absolute Gasteiger partial charge is 0.494 e. The van der Waals surface area contributed by atoms with Crippen molar-refractivity contribution in [2.45, 2.75) is 32.1 Å². The van der Waals surface area contributed by atoms with Crippen molar-refractivity contribution in [3.8, 4) is 5.75 Å². The lowest BCUT2D eigenvalue weighted by Crippen LogP contribution is -2.14. The number of anilines is 1. The zero-order valence-electron chi connectivity index (χ0n) is 16.7. The predicted molar refractivity (Wildman–Crippen MR) is 118 cm³/mol. The lowest BCUT2D eigenvalue weighted by atomic mass is 10.1. The Kier molecular flexibility index (Phi) is 5.05. The Morgan fingerprint density at radius 3 is 2.80 bits per heavy atom. The van der Waals surface area contributed by atoms with Crippen LogP contribution in [0.5, 0.6) is 5.75 Å². The van der Waals surface area contributed by atoms with E-state index >= 15 is 0 Å². The molecule has 1 amide bonds. The van der Waals surface area contributed by atoms with E-state index in [2.05, 4.69) is 20.3 Å². The molecular formula is C24H24N4O2. The van der Waals surface area contributed by atoms with Gasteiger partial charge in [-0.25, -0.2) is 4.98 Å². The Labute approximate surface area is 174 Å². The molecule has 0 bridgehead atoms. The van der Waals surface area contributed by atoms with Crippen LogP contribution < -0.4 is 10.1 Å². The van der Waals surface area contributed by atoms with E-state index in [4.69, 9.17) is 4.74 Å². The van der Waals surface area contributed by atoms with Crippen LogP contribution in [0.25, 0.3) is 21.8 Å². The fourth-order valence-corrected chi connectivity index (χ4v) is 4.16. The molecule has 1 aliphatic carbocycles. The van der Waals surface area contributed by atoms with Gasteiger partial charge in [-0.15, -0.1) is 0 Å². The van der Waals surface area contributed by atoms with Gasteiger partial charge in [-0.3, -0.25) is 15.1 Å². The number of aromatic nitrogens is 3. The van der Waals surface area contributed by atoms with E-state index in [1.54, 1.807) is 12.3 Å². The third-order valence-corrected chi connectivity index (χ3v) is 5.82. The van der Waals surface area contributed by atoms with Crippen molar-refractivity contribution in [2.75, 3.05) is 11.9 Å². The Hall–Kier alpha value is -3.41. The van der Waals surface area contributed by atoms with Gasteiger partial charge in [0.1, 0.15) is 11.4 Å². The second-order valence-corrected chi connectivity index (χ2v) is 7.92. The number of imidazole rings is 1. The summed E-state index contributed by atoms with van der Waals surface area (Å²) in [7, 11) is 0. The number of nitrogens with one attached hydrogen (secondary N) is 2. The van der Waals surface area contributed by atoms with E-state index in [9.17, 15) is 4.79 Å². The summed E-state index contributed by atoms with van der Waals surface area (Å²) >= 11 is 0. The lowest BCUT2D eigenvalue weighted by Gasteiger charge is -2.10. The van der Waals surface area contributed by atoms with Gasteiger partial charge >= 0.3 is 0 Å². The number of hydrogen-bond acceptors (Lipinski definition) is 4. The van der Waals surface area contributed by atoms with Crippen LogP contribution in [-0.4, -0.2) is 27.5 Å². The molecule has 0 saturated heterocycles. The smallest absolute Gasteiger partial charge is 0.276 e. The zero-order chi connectivity index (χ0) is 20.3. The van der Waals surface area contributed by atoms with Crippen LogP contribution >= 0.6 is 0 Å². The molecule has 6 heteroatoms. The fraction of sp³-hybridized carbons (Fsp3) is 0.292. The van der Waals surface area contributed by atoms with Gasteiger partial charge in [0.15, 0.2) is 0 Å². The van der Waals surface area contributed by atoms with Gasteiger partial charge in [0, 0.05) is 17.6 Å². The number of nitrogens with zero attached hydrogens (tertiary/aromatic N) is 2. The molecule has 0 atom stereocenters. The molecule has 6 nitrogen and oxygen atoms in total. The van der Waals surface area contributed by atoms with E-state index in [0.717, 1.165) is 46.5 Å². The molecule has 0 unspecified atom stereocenters. The molecule has 1 saturated carbocycles. The quantitative estimate of drug-likeness (QED) is 0.459. The molecule has 0 spiro atoms. The molecule has 0 aliphatic heterocycles. The highest BCUT2D eigenvalue weighted by atomic mass is 16.5. The molecule has 0 radical (unpaired) electrons. The maximum absolute atomic E-state index is 12.6. The van der Waals surface area contributed by atoms with E-state index in [1.807, 2.05) is 42.5 Å². The van der Waals surface area contributed by atoms with Gasteiger partial charge in [-0.1, -0.05) is 49.9 Å². The first-order valence-corrected chi connectivity index (χ1v) is 10.5. The average molecular weight is 400 g/mol. The van der Waals surface area contributed by atoms with E-state index in [-0.39, 0.29) is 5.91 Å². The standard InChI is InChI=1S/C24H24N4O2/c29-23(22-13-17-7-3-4-8-18(17)15-25-22)28-24-26-20-10-9-19(14-21(20)27-24)30-12-11-16-5-1-2-6-16/h3-4,7-10,13-16H,1-2,5-6,11-12H2,(H2,26,27,28,29). The lowest BCUT2D eigenvalue weighted by molar-refractivity contribution is 0.102. The maximum Gasteiger partial charge on any atom is 0.276 e. The van der Waals surface area contributed by atoms with Gasteiger partial charge in [-0.05, 0) is 35.9 Å². The van der Waals surface area contributed by atoms with E-state index in [0.29, 0.717) is 11.6 Å². The number of fused-ring (bicyclic) bond motifs is 2. The summed E-state index contributed by atoms with van der Waals surface area (Å²) in [5.74, 6) is 1.71. The first-order chi connectivity index (χ1) is 14.7. The van der Waals surface area contributed by atoms with Crippen molar-refractivity contribution < 1.29 is 9.53 Å². The third-order valence-electron chi connectivity index (χ3n) is 5.82. The Bertz CT molecular complexity index is 1190. The van der Waals surface area contributed by atoms with Crippen LogP contribution in [-0.2, 0) is 0 Å². The minimum Gasteiger partial charge on any atom is -0.494 e. The molecule has 152 valence electrons. The topological polar surface area (TPSA) is 79.9 Å². The minimum absolute atomic E-state index is 0.298. The summed E-state index contributed by atoms with van der Waals surface area (Å²) in [6, 6.07) is 15.4. The van der Waals surface area contributed by atoms with Gasteiger partial charge in [0.2, 0.25) is 5.95 Å². The number of benzene rings is 2. The average Bonchev–Trinajstić information content (AvgIpc) is 3.42. The highest BCUT2D eigenvalue weighted by Gasteiger charge is 2.15. The number of carbonyl (C=O) groups is 1. The van der Waals surface area contributed by atoms with E-state index < -0.39 is 0 Å². The Balaban J connectivity index is 1.26. The molecule has 2 aromatic carbocycles. The van der Waals surface area contributed by atoms with Crippen molar-refractivity contribution in [3.05, 3.63) is 60.4 Å². The first kappa shape index (κ1) is 18.6. The molecule has 1 aliphatic rings. The summed E-state index contributed by atoms with van der Waals surface area (Å²) < 4.78 is 5.93. The summed E-state index contributed by atoms with van der Waals surface area (Å²) in [5, 5.41) is 4.78. The number of aromatic amines is 1. The highest BCUT2D eigenvalue weighted by molar-refractivity contribution is 6.04. The first-order valence-electron chi connectivity index (χ1n) is 10.5. The summed E-state index contributed by atoms with van der Waals surface area (Å²) in [4.78, 5) is 24.5. The Morgan fingerprint density at radius 1 is 1.10 bits per heavy atom. The number of hydrogen-bond donors (Lipinski definition) is 2. The molecule has 4 aromatic rings. The molecule has 2 heterocycles. The Morgan fingerprint density at radius 2 is 1.93 bits per heavy atom. The molecule has 2 aromatic heterocycles. The molecule has 5 rings (SSSR count). The zero-order valence-corrected chi connectivity index (χ0v) is 16.7. The number of H-pyrrole nitrogens is 1. The molecule has 2 N–H and O–H groups in total. The normalized spacial score (nSPS) is 14.4. The van der Waals surface area contributed by atoms with Crippen LogP contribution in [0.4, 0.5) is 5.95 Å². The predicted octanol–water partition coefficient (Wildman–Crippen LogP) is 5.32. The molecule has 30 heavy (non-hydrogen) atoms. The number of ether oxygens (including phenoxy) is 1. The second kappa shape index (κ2) is 8.14. The van der Waals surface area contributed by atoms with Gasteiger partial charge in [0.25, 0.3) is 5.91 Å². The minimum atomic E-state index is -0.298. The van der Waals surface area contributed by atoms with Gasteiger partial charge in [-0.2, -0.15) is 0 Å². The van der Waals surface area contributed by atoms with Crippen LogP contribution in [0.3, 0.4) is 0 Å². The summed E-state index contributed by atoms with van der Waals surface area (Å²) in [5.41, 5.74) is 1.96. The van der Waals surface area contributed by atoms with Crippen LogP contribution in [0, 0.1) is 5.92 Å². The van der Waals surface area contributed by atoms with Crippen LogP contribution in [0.1, 0.15) is 42.6 Å². The summed E-state index contributed by atoms with van der Waals surface area (Å²) in [6.07, 6.45) is 8.19. The SMILES string of the molecule is O=C(Nc1nc2cc(OCCC3CCCC3)ccc2[nH]1)c1cc2ccccc2cn1. The van der Waals surface area contributed by atoms with Crippen molar-refractivity contribution in [1.82, 2.24) is 15.0 Å². The van der Waals surface area contributed by atoms with Crippen molar-refractivity contribution in [1.29, 1.82) is 0 Å². The number of rotatable bonds is 6. The maximum atomic E-state index is 12.6. The fourth-order valence-electron chi connectivity index (χ4n) is 4.16. The van der Waals surface area contributed by atoms with Gasteiger partial charge in [0.05, 0.1) is 17.6 Å². The number of amides is 1. The van der Waals surface area contributed by atoms with Crippen molar-refractivity contribution >= 4 is 33.7 Å². The van der Waals surface area contributed by atoms with Crippen LogP contribution in [0.15, 0.2) is 54.7 Å². The van der Waals surface area contributed by atoms with E-state index in [1.165, 1.54) is 25.7 Å². The van der Waals surface area contributed by atoms with Crippen LogP contribution in [0.2, 0.25) is 0 Å². The molecular weight excluding hydrogens is 376 g/mol. The van der Waals surface area contributed by atoms with Gasteiger partial charge < -0.3 is 9.72 Å². The third kappa shape index (κ3) is 3.99. The second-order valence-electron chi connectivity index (χ2n) is 7.92. The summed E-state index contributed by atoms with van der Waals surface area (Å²) in [6.45, 7) is 0.734. The monoisotopic (exact) mass is 400 g/mol. The highest BCUT2D eigenvalue weighted by Crippen LogP contribution is 2.28. The number of carbonyl (C=O) groups excluding carboxylic acids is 1. The van der Waals surface area contributed by atoms with Crippen molar-refractivity contribution in [2.24, 2.45) is 5.92 Å². The molecule has 1 fully saturated rings.